The van der Waals surface area contributed by atoms with Crippen molar-refractivity contribution >= 4 is 5.78 Å². The Morgan fingerprint density at radius 2 is 1.74 bits per heavy atom. The van der Waals surface area contributed by atoms with Crippen LogP contribution >= 0.6 is 0 Å². The summed E-state index contributed by atoms with van der Waals surface area (Å²) in [6, 6.07) is 0. The Labute approximate surface area is 167 Å². The van der Waals surface area contributed by atoms with E-state index in [9.17, 15) is 4.79 Å². The van der Waals surface area contributed by atoms with Gasteiger partial charge in [0.15, 0.2) is 5.78 Å². The molecule has 0 N–H and O–H groups in total. The topological polar surface area (TPSA) is 26.3 Å². The van der Waals surface area contributed by atoms with E-state index in [1.807, 2.05) is 13.8 Å². The van der Waals surface area contributed by atoms with Crippen LogP contribution < -0.4 is 0 Å². The summed E-state index contributed by atoms with van der Waals surface area (Å²) in [6.07, 6.45) is 8.22. The van der Waals surface area contributed by atoms with Crippen molar-refractivity contribution in [3.05, 3.63) is 34.6 Å². The first-order chi connectivity index (χ1) is 12.5. The van der Waals surface area contributed by atoms with Crippen LogP contribution in [0.5, 0.6) is 0 Å². The Morgan fingerprint density at radius 3 is 2.37 bits per heavy atom. The smallest absolute Gasteiger partial charge is 0.188 e. The Morgan fingerprint density at radius 1 is 1.07 bits per heavy atom. The summed E-state index contributed by atoms with van der Waals surface area (Å²) in [5.74, 6) is 3.25. The van der Waals surface area contributed by atoms with Gasteiger partial charge in [-0.2, -0.15) is 0 Å². The Hall–Kier alpha value is -1.31. The molecule has 3 atom stereocenters. The van der Waals surface area contributed by atoms with Crippen molar-refractivity contribution in [3.63, 3.8) is 0 Å². The largest absolute Gasteiger partial charge is 0.487 e. The molecule has 2 heteroatoms. The van der Waals surface area contributed by atoms with Crippen LogP contribution in [0, 0.1) is 17.8 Å². The molecule has 2 rings (SSSR count). The van der Waals surface area contributed by atoms with Crippen LogP contribution in [0.1, 0.15) is 93.4 Å². The van der Waals surface area contributed by atoms with Crippen LogP contribution in [0.15, 0.2) is 34.6 Å². The number of allylic oxidation sites excluding steroid dienone is 4. The summed E-state index contributed by atoms with van der Waals surface area (Å²) in [6.45, 7) is 19.6. The maximum Gasteiger partial charge on any atom is 0.188 e. The molecule has 0 radical (unpaired) electrons. The molecule has 152 valence electrons. The molecule has 0 spiro atoms. The summed E-state index contributed by atoms with van der Waals surface area (Å²) in [5.41, 5.74) is 3.33. The zero-order valence-electron chi connectivity index (χ0n) is 18.7. The van der Waals surface area contributed by atoms with E-state index in [1.54, 1.807) is 0 Å². The first kappa shape index (κ1) is 22.0. The lowest BCUT2D eigenvalue weighted by Crippen LogP contribution is -2.36. The van der Waals surface area contributed by atoms with E-state index in [-0.39, 0.29) is 11.4 Å². The second-order valence-corrected chi connectivity index (χ2v) is 9.89. The average molecular weight is 373 g/mol. The van der Waals surface area contributed by atoms with Gasteiger partial charge >= 0.3 is 0 Å². The molecular weight excluding hydrogens is 332 g/mol. The highest BCUT2D eigenvalue weighted by atomic mass is 16.5. The van der Waals surface area contributed by atoms with E-state index in [2.05, 4.69) is 41.2 Å². The molecule has 0 aromatic rings. The third kappa shape index (κ3) is 5.36. The highest BCUT2D eigenvalue weighted by Gasteiger charge is 2.39. The highest BCUT2D eigenvalue weighted by Crippen LogP contribution is 2.44. The van der Waals surface area contributed by atoms with Crippen molar-refractivity contribution in [3.8, 4) is 0 Å². The molecule has 0 unspecified atom stereocenters. The summed E-state index contributed by atoms with van der Waals surface area (Å²) < 4.78 is 6.55. The Balaban J connectivity index is 1.97. The van der Waals surface area contributed by atoms with Gasteiger partial charge < -0.3 is 4.74 Å². The van der Waals surface area contributed by atoms with Crippen molar-refractivity contribution in [2.75, 3.05) is 0 Å². The lowest BCUT2D eigenvalue weighted by Gasteiger charge is -2.41. The van der Waals surface area contributed by atoms with Crippen LogP contribution in [0.3, 0.4) is 0 Å². The Kier molecular flexibility index (Phi) is 7.16. The van der Waals surface area contributed by atoms with E-state index in [0.29, 0.717) is 11.5 Å². The van der Waals surface area contributed by atoms with Crippen LogP contribution in [-0.4, -0.2) is 11.4 Å². The van der Waals surface area contributed by atoms with Gasteiger partial charge in [-0.05, 0) is 69.8 Å². The molecule has 27 heavy (non-hydrogen) atoms. The minimum absolute atomic E-state index is 0.0852. The lowest BCUT2D eigenvalue weighted by molar-refractivity contribution is -0.112. The zero-order valence-corrected chi connectivity index (χ0v) is 18.7. The molecule has 2 nitrogen and oxygen atoms in total. The number of carbonyl (C=O) groups is 1. The maximum absolute atomic E-state index is 12.3. The predicted molar refractivity (Wildman–Crippen MR) is 115 cm³/mol. The van der Waals surface area contributed by atoms with Gasteiger partial charge in [-0.25, -0.2) is 0 Å². The van der Waals surface area contributed by atoms with Gasteiger partial charge in [0, 0.05) is 16.7 Å². The number of rotatable bonds is 8. The molecule has 1 heterocycles. The van der Waals surface area contributed by atoms with Gasteiger partial charge in [0.2, 0.25) is 0 Å². The lowest BCUT2D eigenvalue weighted by atomic mass is 9.77. The fraction of sp³-hybridized carbons (Fsp3) is 0.720. The second kappa shape index (κ2) is 8.80. The van der Waals surface area contributed by atoms with E-state index in [4.69, 9.17) is 4.74 Å². The average Bonchev–Trinajstić information content (AvgIpc) is 2.57. The number of Topliss-reactive ketones (excluding diaryl/α,β-unsaturated/α-hetero) is 1. The third-order valence-corrected chi connectivity index (χ3v) is 6.47. The second-order valence-electron chi connectivity index (χ2n) is 9.89. The molecule has 0 saturated heterocycles. The normalized spacial score (nSPS) is 25.6. The molecule has 0 fully saturated rings. The summed E-state index contributed by atoms with van der Waals surface area (Å²) >= 11 is 0. The molecule has 0 aromatic heterocycles. The van der Waals surface area contributed by atoms with E-state index in [1.165, 1.54) is 25.7 Å². The summed E-state index contributed by atoms with van der Waals surface area (Å²) in [4.78, 5) is 12.3. The number of carbonyl (C=O) groups excluding carboxylic acids is 1. The van der Waals surface area contributed by atoms with Gasteiger partial charge in [-0.15, -0.1) is 0 Å². The molecule has 0 saturated carbocycles. The van der Waals surface area contributed by atoms with Gasteiger partial charge in [-0.3, -0.25) is 4.79 Å². The molecular formula is C25H40O2. The van der Waals surface area contributed by atoms with Crippen LogP contribution in [0.4, 0.5) is 0 Å². The monoisotopic (exact) mass is 372 g/mol. The van der Waals surface area contributed by atoms with Gasteiger partial charge in [0.25, 0.3) is 0 Å². The number of hydrogen-bond acceptors (Lipinski definition) is 2. The van der Waals surface area contributed by atoms with Gasteiger partial charge in [0.05, 0.1) is 0 Å². The van der Waals surface area contributed by atoms with Crippen molar-refractivity contribution in [1.29, 1.82) is 0 Å². The third-order valence-electron chi connectivity index (χ3n) is 6.47. The van der Waals surface area contributed by atoms with Crippen molar-refractivity contribution in [2.24, 2.45) is 17.8 Å². The molecule has 1 aliphatic heterocycles. The minimum Gasteiger partial charge on any atom is -0.487 e. The van der Waals surface area contributed by atoms with Crippen molar-refractivity contribution in [1.82, 2.24) is 0 Å². The maximum atomic E-state index is 12.3. The molecule has 0 aromatic carbocycles. The molecule has 2 aliphatic rings. The zero-order chi connectivity index (χ0) is 20.4. The number of ether oxygens (including phenoxy) is 1. The molecule has 0 amide bonds. The fourth-order valence-electron chi connectivity index (χ4n) is 4.80. The fourth-order valence-corrected chi connectivity index (χ4v) is 4.80. The molecule has 0 bridgehead atoms. The summed E-state index contributed by atoms with van der Waals surface area (Å²) in [7, 11) is 0. The SMILES string of the molecule is C=C1C(=O)C(C)=C(C)C2=C1CC[C@@](C)(C[C@H](C)C[C@H](C)CCCC(C)C)O2. The first-order valence-electron chi connectivity index (χ1n) is 10.9. The predicted octanol–water partition coefficient (Wildman–Crippen LogP) is 7.16. The first-order valence-corrected chi connectivity index (χ1v) is 10.9. The minimum atomic E-state index is -0.141. The van der Waals surface area contributed by atoms with Crippen molar-refractivity contribution in [2.45, 2.75) is 99.0 Å². The molecule has 1 aliphatic carbocycles. The number of hydrogen-bond donors (Lipinski definition) is 0. The number of ketones is 1. The van der Waals surface area contributed by atoms with Gasteiger partial charge in [0.1, 0.15) is 11.4 Å². The van der Waals surface area contributed by atoms with E-state index >= 15 is 0 Å². The van der Waals surface area contributed by atoms with E-state index in [0.717, 1.165) is 53.6 Å². The quantitative estimate of drug-likeness (QED) is 0.422. The van der Waals surface area contributed by atoms with Crippen LogP contribution in [-0.2, 0) is 9.53 Å². The highest BCUT2D eigenvalue weighted by molar-refractivity contribution is 6.12. The van der Waals surface area contributed by atoms with Crippen LogP contribution in [0.25, 0.3) is 0 Å². The van der Waals surface area contributed by atoms with E-state index < -0.39 is 0 Å². The Bertz CT molecular complexity index is 649. The summed E-state index contributed by atoms with van der Waals surface area (Å²) in [5, 5.41) is 0. The van der Waals surface area contributed by atoms with Crippen LogP contribution in [0.2, 0.25) is 0 Å². The standard InChI is InChI=1S/C25H40O2/c1-16(2)10-9-11-17(3)14-18(4)15-25(8)13-12-22-21(7)23(26)19(5)20(6)24(22)27-25/h16-18H,7,9-15H2,1-6,8H3/t17-,18-,25+/m1/s1. The van der Waals surface area contributed by atoms with Crippen molar-refractivity contribution < 1.29 is 9.53 Å². The van der Waals surface area contributed by atoms with Gasteiger partial charge in [-0.1, -0.05) is 53.5 Å².